The van der Waals surface area contributed by atoms with Gasteiger partial charge in [-0.1, -0.05) is 13.3 Å². The molecule has 2 amide bonds. The van der Waals surface area contributed by atoms with Crippen molar-refractivity contribution in [2.45, 2.75) is 43.5 Å². The van der Waals surface area contributed by atoms with Gasteiger partial charge in [-0.2, -0.15) is 4.31 Å². The number of rotatable bonds is 6. The molecule has 11 heteroatoms. The van der Waals surface area contributed by atoms with Gasteiger partial charge in [0.1, 0.15) is 0 Å². The van der Waals surface area contributed by atoms with Crippen LogP contribution in [0.4, 0.5) is 5.69 Å². The highest BCUT2D eigenvalue weighted by molar-refractivity contribution is 7.89. The second-order valence-electron chi connectivity index (χ2n) is 8.05. The zero-order valence-corrected chi connectivity index (χ0v) is 19.0. The maximum Gasteiger partial charge on any atom is 0.245 e. The Morgan fingerprint density at radius 2 is 1.74 bits per heavy atom. The summed E-state index contributed by atoms with van der Waals surface area (Å²) in [6.07, 6.45) is 4.71. The van der Waals surface area contributed by atoms with Crippen LogP contribution in [0.15, 0.2) is 40.9 Å². The van der Waals surface area contributed by atoms with Crippen LogP contribution in [0.2, 0.25) is 0 Å². The zero-order valence-electron chi connectivity index (χ0n) is 17.4. The van der Waals surface area contributed by atoms with Gasteiger partial charge in [0.2, 0.25) is 31.9 Å². The van der Waals surface area contributed by atoms with Crippen molar-refractivity contribution in [3.05, 3.63) is 36.0 Å². The van der Waals surface area contributed by atoms with Crippen LogP contribution in [0.3, 0.4) is 0 Å². The third kappa shape index (κ3) is 3.58. The van der Waals surface area contributed by atoms with Crippen molar-refractivity contribution in [2.24, 2.45) is 5.92 Å². The fourth-order valence-corrected chi connectivity index (χ4v) is 7.24. The molecule has 3 aliphatic rings. The molecule has 0 unspecified atom stereocenters. The molecule has 4 rings (SSSR count). The molecule has 0 radical (unpaired) electrons. The van der Waals surface area contributed by atoms with Crippen LogP contribution in [0.1, 0.15) is 32.6 Å². The smallest absolute Gasteiger partial charge is 0.245 e. The molecule has 0 bridgehead atoms. The van der Waals surface area contributed by atoms with Gasteiger partial charge in [0.25, 0.3) is 0 Å². The number of carbonyl (C=O) groups excluding carboxylic acids is 2. The first-order valence-electron chi connectivity index (χ1n) is 10.2. The summed E-state index contributed by atoms with van der Waals surface area (Å²) in [5.74, 6) is -1.31. The van der Waals surface area contributed by atoms with Gasteiger partial charge in [-0.05, 0) is 43.2 Å². The van der Waals surface area contributed by atoms with Gasteiger partial charge < -0.3 is 4.90 Å². The zero-order chi connectivity index (χ0) is 22.6. The first kappa shape index (κ1) is 22.0. The van der Waals surface area contributed by atoms with E-state index in [0.29, 0.717) is 31.5 Å². The van der Waals surface area contributed by atoms with Crippen molar-refractivity contribution in [1.29, 1.82) is 0 Å². The topological polar surface area (TPSA) is 112 Å². The second-order valence-corrected chi connectivity index (χ2v) is 11.8. The van der Waals surface area contributed by atoms with Crippen molar-refractivity contribution in [1.82, 2.24) is 8.61 Å². The number of carbonyl (C=O) groups is 2. The number of fused-ring (bicyclic) bond motifs is 1. The Labute approximate surface area is 182 Å². The highest BCUT2D eigenvalue weighted by atomic mass is 32.2. The summed E-state index contributed by atoms with van der Waals surface area (Å²) < 4.78 is 53.2. The molecule has 0 saturated carbocycles. The van der Waals surface area contributed by atoms with Gasteiger partial charge >= 0.3 is 0 Å². The van der Waals surface area contributed by atoms with Crippen LogP contribution in [-0.4, -0.2) is 62.6 Å². The standard InChI is InChI=1S/C20H25N3O6S2/c1-3-5-16-19-17(23(20(16)25)30(2,26)27)11-13-22(19)31(28,29)15-9-7-14(8-10-15)21-12-4-6-18(21)24/h7-11,16,19H,3-6,12-13H2,1-2H3/t16-,19-/m1/s1. The highest BCUT2D eigenvalue weighted by Gasteiger charge is 2.55. The molecular formula is C20H25N3O6S2. The lowest BCUT2D eigenvalue weighted by Gasteiger charge is -2.26. The Hall–Kier alpha value is -2.24. The van der Waals surface area contributed by atoms with Gasteiger partial charge in [-0.15, -0.1) is 0 Å². The summed E-state index contributed by atoms with van der Waals surface area (Å²) in [5.41, 5.74) is 0.860. The average molecular weight is 468 g/mol. The third-order valence-electron chi connectivity index (χ3n) is 5.99. The summed E-state index contributed by atoms with van der Waals surface area (Å²) >= 11 is 0. The fraction of sp³-hybridized carbons (Fsp3) is 0.500. The van der Waals surface area contributed by atoms with Gasteiger partial charge in [0, 0.05) is 25.2 Å². The van der Waals surface area contributed by atoms with E-state index in [4.69, 9.17) is 0 Å². The lowest BCUT2D eigenvalue weighted by atomic mass is 9.97. The number of nitrogens with zero attached hydrogens (tertiary/aromatic N) is 3. The second kappa shape index (κ2) is 7.72. The Morgan fingerprint density at radius 3 is 2.29 bits per heavy atom. The summed E-state index contributed by atoms with van der Waals surface area (Å²) in [7, 11) is -7.84. The number of sulfonamides is 2. The summed E-state index contributed by atoms with van der Waals surface area (Å²) in [5, 5.41) is 0. The van der Waals surface area contributed by atoms with E-state index in [1.54, 1.807) is 17.0 Å². The SMILES string of the molecule is CCC[C@H]1C(=O)N(S(C)(=O)=O)C2=CCN(S(=O)(=O)c3ccc(N4CCCC4=O)cc3)[C@@H]21. The number of hydrogen-bond acceptors (Lipinski definition) is 6. The quantitative estimate of drug-likeness (QED) is 0.623. The van der Waals surface area contributed by atoms with E-state index in [0.717, 1.165) is 17.0 Å². The Bertz CT molecular complexity index is 1160. The molecule has 3 aliphatic heterocycles. The minimum Gasteiger partial charge on any atom is -0.312 e. The molecule has 2 atom stereocenters. The third-order valence-corrected chi connectivity index (χ3v) is 8.90. The first-order valence-corrected chi connectivity index (χ1v) is 13.5. The van der Waals surface area contributed by atoms with E-state index in [2.05, 4.69) is 0 Å². The number of amides is 2. The summed E-state index contributed by atoms with van der Waals surface area (Å²) in [6.45, 7) is 2.47. The molecule has 31 heavy (non-hydrogen) atoms. The van der Waals surface area contributed by atoms with E-state index in [9.17, 15) is 26.4 Å². The van der Waals surface area contributed by atoms with Gasteiger partial charge in [-0.3, -0.25) is 9.59 Å². The number of hydrogen-bond donors (Lipinski definition) is 0. The van der Waals surface area contributed by atoms with Gasteiger partial charge in [-0.25, -0.2) is 21.1 Å². The van der Waals surface area contributed by atoms with Crippen LogP contribution in [0, 0.1) is 5.92 Å². The molecule has 1 aromatic rings. The molecule has 9 nitrogen and oxygen atoms in total. The van der Waals surface area contributed by atoms with Crippen molar-refractivity contribution < 1.29 is 26.4 Å². The molecule has 0 aromatic heterocycles. The van der Waals surface area contributed by atoms with Gasteiger partial charge in [0.15, 0.2) is 0 Å². The molecule has 2 fully saturated rings. The Kier molecular flexibility index (Phi) is 5.47. The van der Waals surface area contributed by atoms with E-state index in [1.807, 2.05) is 6.92 Å². The van der Waals surface area contributed by atoms with Crippen molar-refractivity contribution in [3.63, 3.8) is 0 Å². The molecule has 0 spiro atoms. The fourth-order valence-electron chi connectivity index (χ4n) is 4.64. The summed E-state index contributed by atoms with van der Waals surface area (Å²) in [4.78, 5) is 26.4. The van der Waals surface area contributed by atoms with E-state index >= 15 is 0 Å². The first-order chi connectivity index (χ1) is 14.6. The maximum absolute atomic E-state index is 13.4. The van der Waals surface area contributed by atoms with Crippen molar-refractivity contribution in [2.75, 3.05) is 24.2 Å². The summed E-state index contributed by atoms with van der Waals surface area (Å²) in [6, 6.07) is 5.27. The van der Waals surface area contributed by atoms with Crippen molar-refractivity contribution >= 4 is 37.5 Å². The van der Waals surface area contributed by atoms with Crippen molar-refractivity contribution in [3.8, 4) is 0 Å². The van der Waals surface area contributed by atoms with Crippen LogP contribution >= 0.6 is 0 Å². The normalized spacial score (nSPS) is 24.8. The molecule has 0 N–H and O–H groups in total. The molecule has 168 valence electrons. The van der Waals surface area contributed by atoms with E-state index < -0.39 is 37.9 Å². The van der Waals surface area contributed by atoms with E-state index in [1.165, 1.54) is 22.5 Å². The molecule has 1 aromatic carbocycles. The van der Waals surface area contributed by atoms with Crippen LogP contribution in [0.25, 0.3) is 0 Å². The highest BCUT2D eigenvalue weighted by Crippen LogP contribution is 2.42. The Morgan fingerprint density at radius 1 is 1.06 bits per heavy atom. The van der Waals surface area contributed by atoms with Crippen LogP contribution in [0.5, 0.6) is 0 Å². The number of anilines is 1. The molecule has 3 heterocycles. The molecule has 2 saturated heterocycles. The predicted molar refractivity (Wildman–Crippen MR) is 114 cm³/mol. The maximum atomic E-state index is 13.4. The Balaban J connectivity index is 1.66. The minimum atomic E-state index is -3.99. The molecule has 0 aliphatic carbocycles. The minimum absolute atomic E-state index is 0.00574. The average Bonchev–Trinajstić information content (AvgIpc) is 3.37. The molecular weight excluding hydrogens is 442 g/mol. The van der Waals surface area contributed by atoms with E-state index in [-0.39, 0.29) is 23.0 Å². The largest absolute Gasteiger partial charge is 0.312 e. The number of benzene rings is 1. The monoisotopic (exact) mass is 467 g/mol. The lowest BCUT2D eigenvalue weighted by Crippen LogP contribution is -2.41. The van der Waals surface area contributed by atoms with Gasteiger partial charge in [0.05, 0.1) is 28.8 Å². The van der Waals surface area contributed by atoms with Crippen LogP contribution < -0.4 is 4.90 Å². The lowest BCUT2D eigenvalue weighted by molar-refractivity contribution is -0.127. The predicted octanol–water partition coefficient (Wildman–Crippen LogP) is 1.29. The van der Waals surface area contributed by atoms with Crippen LogP contribution in [-0.2, 0) is 29.6 Å².